The minimum atomic E-state index is -0.0334. The fourth-order valence-corrected chi connectivity index (χ4v) is 5.40. The van der Waals surface area contributed by atoms with E-state index in [0.717, 1.165) is 41.8 Å². The smallest absolute Gasteiger partial charge is 0.320 e. The van der Waals surface area contributed by atoms with Gasteiger partial charge in [0.1, 0.15) is 0 Å². The molecule has 0 saturated carbocycles. The summed E-state index contributed by atoms with van der Waals surface area (Å²) in [7, 11) is 1.68. The number of carbonyl (C=O) groups excluding carboxylic acids is 1. The fraction of sp³-hybridized carbons (Fsp3) is 0.464. The lowest BCUT2D eigenvalue weighted by Crippen LogP contribution is -2.51. The summed E-state index contributed by atoms with van der Waals surface area (Å²) in [6.45, 7) is 7.83. The lowest BCUT2D eigenvalue weighted by atomic mass is 9.88. The van der Waals surface area contributed by atoms with Gasteiger partial charge in [0, 0.05) is 36.7 Å². The monoisotopic (exact) mass is 477 g/mol. The molecule has 2 aliphatic heterocycles. The SMILES string of the molecule is CCOc1cc2c(cc1OC)CCN(C(=O)N1CCOCC1)C2CCc1c[nH]c2ccc(C)cc12. The van der Waals surface area contributed by atoms with E-state index in [1.165, 1.54) is 22.1 Å². The van der Waals surface area contributed by atoms with Gasteiger partial charge >= 0.3 is 6.03 Å². The van der Waals surface area contributed by atoms with E-state index in [0.29, 0.717) is 39.5 Å². The minimum absolute atomic E-state index is 0.0334. The molecule has 2 aromatic carbocycles. The highest BCUT2D eigenvalue weighted by atomic mass is 16.5. The topological polar surface area (TPSA) is 67.0 Å². The van der Waals surface area contributed by atoms with Gasteiger partial charge in [-0.15, -0.1) is 0 Å². The Morgan fingerprint density at radius 3 is 2.74 bits per heavy atom. The average Bonchev–Trinajstić information content (AvgIpc) is 3.29. The van der Waals surface area contributed by atoms with Crippen molar-refractivity contribution in [2.75, 3.05) is 46.6 Å². The highest BCUT2D eigenvalue weighted by Crippen LogP contribution is 2.41. The fourth-order valence-electron chi connectivity index (χ4n) is 5.40. The predicted octanol–water partition coefficient (Wildman–Crippen LogP) is 4.87. The standard InChI is InChI=1S/C28H35N3O4/c1-4-35-27-17-23-20(16-26(27)33-3)9-10-31(28(32)30-11-13-34-14-12-30)25(23)8-6-21-18-29-24-7-5-19(2)15-22(21)24/h5,7,15-18,25,29H,4,6,8-14H2,1-3H3. The molecule has 3 aromatic rings. The molecule has 7 heteroatoms. The first-order chi connectivity index (χ1) is 17.1. The second-order valence-electron chi connectivity index (χ2n) is 9.38. The maximum absolute atomic E-state index is 13.7. The number of urea groups is 1. The van der Waals surface area contributed by atoms with Crippen LogP contribution in [-0.2, 0) is 17.6 Å². The van der Waals surface area contributed by atoms with Crippen molar-refractivity contribution in [2.45, 2.75) is 39.2 Å². The molecule has 1 N–H and O–H groups in total. The summed E-state index contributed by atoms with van der Waals surface area (Å²) in [6.07, 6.45) is 4.62. The maximum Gasteiger partial charge on any atom is 0.320 e. The highest BCUT2D eigenvalue weighted by Gasteiger charge is 2.34. The van der Waals surface area contributed by atoms with E-state index >= 15 is 0 Å². The van der Waals surface area contributed by atoms with Crippen LogP contribution in [0.25, 0.3) is 10.9 Å². The first-order valence-electron chi connectivity index (χ1n) is 12.6. The minimum Gasteiger partial charge on any atom is -0.493 e. The molecule has 1 saturated heterocycles. The zero-order valence-corrected chi connectivity index (χ0v) is 20.9. The molecule has 1 fully saturated rings. The molecular weight excluding hydrogens is 442 g/mol. The predicted molar refractivity (Wildman–Crippen MR) is 136 cm³/mol. The van der Waals surface area contributed by atoms with Crippen LogP contribution in [0.1, 0.15) is 41.6 Å². The van der Waals surface area contributed by atoms with Crippen molar-refractivity contribution in [1.82, 2.24) is 14.8 Å². The van der Waals surface area contributed by atoms with Gasteiger partial charge in [-0.25, -0.2) is 4.79 Å². The number of rotatable bonds is 6. The molecular formula is C28H35N3O4. The third-order valence-corrected chi connectivity index (χ3v) is 7.22. The van der Waals surface area contributed by atoms with Gasteiger partial charge in [0.05, 0.1) is 33.0 Å². The van der Waals surface area contributed by atoms with E-state index < -0.39 is 0 Å². The van der Waals surface area contributed by atoms with Gasteiger partial charge in [0.2, 0.25) is 0 Å². The van der Waals surface area contributed by atoms with E-state index in [1.807, 2.05) is 11.8 Å². The van der Waals surface area contributed by atoms with Crippen molar-refractivity contribution in [3.63, 3.8) is 0 Å². The molecule has 0 bridgehead atoms. The quantitative estimate of drug-likeness (QED) is 0.550. The Hall–Kier alpha value is -3.19. The van der Waals surface area contributed by atoms with E-state index in [4.69, 9.17) is 14.2 Å². The third kappa shape index (κ3) is 4.69. The summed E-state index contributed by atoms with van der Waals surface area (Å²) in [4.78, 5) is 21.1. The molecule has 7 nitrogen and oxygen atoms in total. The number of methoxy groups -OCH3 is 1. The Labute approximate surface area is 206 Å². The summed E-state index contributed by atoms with van der Waals surface area (Å²) >= 11 is 0. The summed E-state index contributed by atoms with van der Waals surface area (Å²) in [5.41, 5.74) is 6.08. The molecule has 0 radical (unpaired) electrons. The molecule has 3 heterocycles. The van der Waals surface area contributed by atoms with E-state index in [2.05, 4.69) is 53.3 Å². The van der Waals surface area contributed by atoms with Gasteiger partial charge in [-0.3, -0.25) is 0 Å². The van der Waals surface area contributed by atoms with Crippen LogP contribution in [-0.4, -0.2) is 67.4 Å². The first-order valence-corrected chi connectivity index (χ1v) is 12.6. The Balaban J connectivity index is 1.49. The Bertz CT molecular complexity index is 1200. The summed E-state index contributed by atoms with van der Waals surface area (Å²) < 4.78 is 17.0. The molecule has 2 aliphatic rings. The largest absolute Gasteiger partial charge is 0.493 e. The van der Waals surface area contributed by atoms with Crippen molar-refractivity contribution in [2.24, 2.45) is 0 Å². The summed E-state index contributed by atoms with van der Waals surface area (Å²) in [5.74, 6) is 1.49. The molecule has 0 spiro atoms. The number of aromatic nitrogens is 1. The number of hydrogen-bond acceptors (Lipinski definition) is 4. The van der Waals surface area contributed by atoms with Crippen molar-refractivity contribution < 1.29 is 19.0 Å². The van der Waals surface area contributed by atoms with Crippen molar-refractivity contribution in [3.05, 3.63) is 58.8 Å². The number of H-pyrrole nitrogens is 1. The average molecular weight is 478 g/mol. The number of amides is 2. The molecule has 1 aromatic heterocycles. The van der Waals surface area contributed by atoms with Crippen LogP contribution < -0.4 is 9.47 Å². The number of hydrogen-bond donors (Lipinski definition) is 1. The highest BCUT2D eigenvalue weighted by molar-refractivity contribution is 5.84. The lowest BCUT2D eigenvalue weighted by Gasteiger charge is -2.41. The zero-order valence-electron chi connectivity index (χ0n) is 20.9. The Kier molecular flexibility index (Phi) is 6.86. The van der Waals surface area contributed by atoms with E-state index in [1.54, 1.807) is 7.11 Å². The lowest BCUT2D eigenvalue weighted by molar-refractivity contribution is 0.0376. The molecule has 35 heavy (non-hydrogen) atoms. The van der Waals surface area contributed by atoms with E-state index in [9.17, 15) is 4.79 Å². The van der Waals surface area contributed by atoms with Crippen LogP contribution in [0.5, 0.6) is 11.5 Å². The van der Waals surface area contributed by atoms with E-state index in [-0.39, 0.29) is 12.1 Å². The van der Waals surface area contributed by atoms with Gasteiger partial charge in [-0.05, 0) is 74.1 Å². The van der Waals surface area contributed by atoms with Crippen LogP contribution in [0, 0.1) is 6.92 Å². The Morgan fingerprint density at radius 1 is 1.14 bits per heavy atom. The van der Waals surface area contributed by atoms with Crippen LogP contribution in [0.4, 0.5) is 4.79 Å². The molecule has 5 rings (SSSR count). The van der Waals surface area contributed by atoms with Crippen molar-refractivity contribution in [1.29, 1.82) is 0 Å². The van der Waals surface area contributed by atoms with Gasteiger partial charge in [0.15, 0.2) is 11.5 Å². The number of carbonyl (C=O) groups is 1. The molecule has 186 valence electrons. The van der Waals surface area contributed by atoms with Crippen molar-refractivity contribution in [3.8, 4) is 11.5 Å². The molecule has 1 unspecified atom stereocenters. The second kappa shape index (κ2) is 10.2. The van der Waals surface area contributed by atoms with Gasteiger partial charge in [-0.2, -0.15) is 0 Å². The second-order valence-corrected chi connectivity index (χ2v) is 9.38. The number of nitrogens with one attached hydrogen (secondary N) is 1. The first kappa shape index (κ1) is 23.5. The van der Waals surface area contributed by atoms with Gasteiger partial charge in [-0.1, -0.05) is 11.6 Å². The van der Waals surface area contributed by atoms with Crippen LogP contribution in [0.3, 0.4) is 0 Å². The third-order valence-electron chi connectivity index (χ3n) is 7.22. The van der Waals surface area contributed by atoms with Crippen LogP contribution in [0.15, 0.2) is 36.5 Å². The number of aromatic amines is 1. The summed E-state index contributed by atoms with van der Waals surface area (Å²) in [6, 6.07) is 10.8. The summed E-state index contributed by atoms with van der Waals surface area (Å²) in [5, 5.41) is 1.26. The zero-order chi connectivity index (χ0) is 24.4. The number of benzene rings is 2. The normalized spacial score (nSPS) is 18.0. The van der Waals surface area contributed by atoms with Crippen LogP contribution in [0.2, 0.25) is 0 Å². The number of morpholine rings is 1. The van der Waals surface area contributed by atoms with Gasteiger partial charge in [0.25, 0.3) is 0 Å². The van der Waals surface area contributed by atoms with Crippen LogP contribution >= 0.6 is 0 Å². The van der Waals surface area contributed by atoms with Gasteiger partial charge < -0.3 is 29.0 Å². The molecule has 2 amide bonds. The molecule has 1 atom stereocenters. The number of fused-ring (bicyclic) bond motifs is 2. The Morgan fingerprint density at radius 2 is 1.97 bits per heavy atom. The van der Waals surface area contributed by atoms with Crippen molar-refractivity contribution >= 4 is 16.9 Å². The number of aryl methyl sites for hydroxylation is 2. The number of nitrogens with zero attached hydrogens (tertiary/aromatic N) is 2. The molecule has 0 aliphatic carbocycles. The maximum atomic E-state index is 13.7. The number of ether oxygens (including phenoxy) is 3.